The van der Waals surface area contributed by atoms with Gasteiger partial charge in [-0.3, -0.25) is 9.59 Å². The minimum absolute atomic E-state index is 0.0512. The van der Waals surface area contributed by atoms with Crippen molar-refractivity contribution >= 4 is 23.2 Å². The fraction of sp³-hybridized carbons (Fsp3) is 0.667. The molecule has 1 aliphatic rings. The van der Waals surface area contributed by atoms with Gasteiger partial charge in [-0.2, -0.15) is 0 Å². The summed E-state index contributed by atoms with van der Waals surface area (Å²) in [7, 11) is 0. The maximum atomic E-state index is 12.1. The van der Waals surface area contributed by atoms with Gasteiger partial charge in [-0.15, -0.1) is 11.3 Å². The van der Waals surface area contributed by atoms with Crippen molar-refractivity contribution < 1.29 is 9.59 Å². The van der Waals surface area contributed by atoms with Gasteiger partial charge in [-0.25, -0.2) is 4.98 Å². The average molecular weight is 309 g/mol. The van der Waals surface area contributed by atoms with Crippen LogP contribution in [0.4, 0.5) is 0 Å². The molecule has 6 heteroatoms. The second-order valence-corrected chi connectivity index (χ2v) is 6.39. The summed E-state index contributed by atoms with van der Waals surface area (Å²) in [6, 6.07) is 0. The third-order valence-corrected chi connectivity index (χ3v) is 4.81. The molecule has 1 aromatic heterocycles. The predicted molar refractivity (Wildman–Crippen MR) is 83.2 cm³/mol. The Hall–Kier alpha value is -1.43. The number of piperidine rings is 1. The molecule has 116 valence electrons. The van der Waals surface area contributed by atoms with Crippen molar-refractivity contribution in [2.45, 2.75) is 39.5 Å². The van der Waals surface area contributed by atoms with E-state index in [1.165, 1.54) is 0 Å². The second kappa shape index (κ2) is 7.54. The highest BCUT2D eigenvalue weighted by molar-refractivity contribution is 7.09. The molecule has 0 spiro atoms. The van der Waals surface area contributed by atoms with Crippen molar-refractivity contribution in [3.05, 3.63) is 16.1 Å². The summed E-state index contributed by atoms with van der Waals surface area (Å²) in [5.41, 5.74) is 1.06. The van der Waals surface area contributed by atoms with Crippen LogP contribution in [0.3, 0.4) is 0 Å². The zero-order valence-electron chi connectivity index (χ0n) is 12.7. The number of amides is 2. The Morgan fingerprint density at radius 2 is 2.38 bits per heavy atom. The van der Waals surface area contributed by atoms with Gasteiger partial charge >= 0.3 is 0 Å². The number of nitrogens with one attached hydrogen (secondary N) is 1. The van der Waals surface area contributed by atoms with Crippen molar-refractivity contribution in [3.63, 3.8) is 0 Å². The minimum atomic E-state index is -0.0512. The molecule has 0 aromatic carbocycles. The van der Waals surface area contributed by atoms with Crippen LogP contribution in [0.25, 0.3) is 0 Å². The first-order valence-electron chi connectivity index (χ1n) is 7.56. The number of aromatic nitrogens is 1. The minimum Gasteiger partial charge on any atom is -0.356 e. The van der Waals surface area contributed by atoms with Crippen molar-refractivity contribution in [2.75, 3.05) is 19.6 Å². The van der Waals surface area contributed by atoms with Crippen LogP contribution in [-0.2, 0) is 16.0 Å². The molecule has 1 aliphatic heterocycles. The standard InChI is InChI=1S/C15H23N3O2S/c1-3-18-9-12(6-7-14(18)19)15(20)16-8-4-5-13-17-11(2)10-21-13/h10,12H,3-9H2,1-2H3,(H,16,20). The Bertz CT molecular complexity index is 501. The van der Waals surface area contributed by atoms with E-state index in [2.05, 4.69) is 10.3 Å². The van der Waals surface area contributed by atoms with Crippen molar-refractivity contribution in [3.8, 4) is 0 Å². The molecule has 5 nitrogen and oxygen atoms in total. The second-order valence-electron chi connectivity index (χ2n) is 5.45. The van der Waals surface area contributed by atoms with Gasteiger partial charge in [0, 0.05) is 43.5 Å². The lowest BCUT2D eigenvalue weighted by Crippen LogP contribution is -2.45. The fourth-order valence-corrected chi connectivity index (χ4v) is 3.37. The highest BCUT2D eigenvalue weighted by atomic mass is 32.1. The molecule has 2 heterocycles. The molecule has 0 saturated carbocycles. The smallest absolute Gasteiger partial charge is 0.224 e. The SMILES string of the molecule is CCN1CC(C(=O)NCCCc2nc(C)cs2)CCC1=O. The first-order valence-corrected chi connectivity index (χ1v) is 8.44. The average Bonchev–Trinajstić information content (AvgIpc) is 2.89. The number of thiazole rings is 1. The Labute approximate surface area is 129 Å². The molecule has 1 saturated heterocycles. The summed E-state index contributed by atoms with van der Waals surface area (Å²) >= 11 is 1.67. The Balaban J connectivity index is 1.68. The first-order chi connectivity index (χ1) is 10.1. The van der Waals surface area contributed by atoms with Gasteiger partial charge < -0.3 is 10.2 Å². The van der Waals surface area contributed by atoms with Crippen molar-refractivity contribution in [1.82, 2.24) is 15.2 Å². The summed E-state index contributed by atoms with van der Waals surface area (Å²) in [6.45, 7) is 5.87. The normalized spacial score (nSPS) is 18.9. The predicted octanol–water partition coefficient (Wildman–Crippen LogP) is 1.76. The van der Waals surface area contributed by atoms with E-state index in [0.29, 0.717) is 32.5 Å². The van der Waals surface area contributed by atoms with Crippen LogP contribution >= 0.6 is 11.3 Å². The van der Waals surface area contributed by atoms with Crippen molar-refractivity contribution in [1.29, 1.82) is 0 Å². The summed E-state index contributed by atoms with van der Waals surface area (Å²) in [6.07, 6.45) is 2.97. The molecule has 1 N–H and O–H groups in total. The Morgan fingerprint density at radius 1 is 1.57 bits per heavy atom. The van der Waals surface area contributed by atoms with Gasteiger partial charge in [0.1, 0.15) is 0 Å². The van der Waals surface area contributed by atoms with E-state index in [-0.39, 0.29) is 17.7 Å². The monoisotopic (exact) mass is 309 g/mol. The van der Waals surface area contributed by atoms with E-state index in [1.807, 2.05) is 19.2 Å². The van der Waals surface area contributed by atoms with E-state index in [9.17, 15) is 9.59 Å². The van der Waals surface area contributed by atoms with Crippen LogP contribution in [0.2, 0.25) is 0 Å². The number of carbonyl (C=O) groups excluding carboxylic acids is 2. The van der Waals surface area contributed by atoms with Crippen LogP contribution in [0.1, 0.15) is 36.9 Å². The largest absolute Gasteiger partial charge is 0.356 e. The zero-order chi connectivity index (χ0) is 15.2. The molecule has 2 amide bonds. The molecule has 1 unspecified atom stereocenters. The lowest BCUT2D eigenvalue weighted by Gasteiger charge is -2.31. The molecular weight excluding hydrogens is 286 g/mol. The highest BCUT2D eigenvalue weighted by Crippen LogP contribution is 2.17. The zero-order valence-corrected chi connectivity index (χ0v) is 13.5. The maximum Gasteiger partial charge on any atom is 0.224 e. The van der Waals surface area contributed by atoms with Gasteiger partial charge in [0.2, 0.25) is 11.8 Å². The Kier molecular flexibility index (Phi) is 5.73. The third kappa shape index (κ3) is 4.52. The van der Waals surface area contributed by atoms with Crippen LogP contribution in [-0.4, -0.2) is 41.3 Å². The number of hydrogen-bond donors (Lipinski definition) is 1. The first kappa shape index (κ1) is 15.9. The number of likely N-dealkylation sites (tertiary alicyclic amines) is 1. The molecule has 2 rings (SSSR count). The van der Waals surface area contributed by atoms with E-state index in [1.54, 1.807) is 16.2 Å². The number of nitrogens with zero attached hydrogens (tertiary/aromatic N) is 2. The Morgan fingerprint density at radius 3 is 3.05 bits per heavy atom. The summed E-state index contributed by atoms with van der Waals surface area (Å²) in [5, 5.41) is 6.16. The molecule has 1 aromatic rings. The summed E-state index contributed by atoms with van der Waals surface area (Å²) in [4.78, 5) is 29.9. The molecule has 0 aliphatic carbocycles. The molecule has 21 heavy (non-hydrogen) atoms. The summed E-state index contributed by atoms with van der Waals surface area (Å²) in [5.74, 6) is 0.196. The topological polar surface area (TPSA) is 62.3 Å². The van der Waals surface area contributed by atoms with Gasteiger partial charge in [0.05, 0.1) is 10.9 Å². The van der Waals surface area contributed by atoms with E-state index in [0.717, 1.165) is 23.5 Å². The van der Waals surface area contributed by atoms with Gasteiger partial charge in [-0.05, 0) is 26.7 Å². The third-order valence-electron chi connectivity index (χ3n) is 3.79. The molecular formula is C15H23N3O2S. The molecule has 0 radical (unpaired) electrons. The van der Waals surface area contributed by atoms with E-state index < -0.39 is 0 Å². The number of hydrogen-bond acceptors (Lipinski definition) is 4. The van der Waals surface area contributed by atoms with E-state index >= 15 is 0 Å². The van der Waals surface area contributed by atoms with Crippen LogP contribution in [0, 0.1) is 12.8 Å². The van der Waals surface area contributed by atoms with Crippen LogP contribution in [0.15, 0.2) is 5.38 Å². The highest BCUT2D eigenvalue weighted by Gasteiger charge is 2.28. The lowest BCUT2D eigenvalue weighted by atomic mass is 9.96. The summed E-state index contributed by atoms with van der Waals surface area (Å²) < 4.78 is 0. The number of aryl methyl sites for hydroxylation is 2. The quantitative estimate of drug-likeness (QED) is 0.815. The number of rotatable bonds is 6. The van der Waals surface area contributed by atoms with Crippen LogP contribution in [0.5, 0.6) is 0 Å². The van der Waals surface area contributed by atoms with E-state index in [4.69, 9.17) is 0 Å². The number of carbonyl (C=O) groups is 2. The molecule has 1 fully saturated rings. The van der Waals surface area contributed by atoms with Gasteiger partial charge in [-0.1, -0.05) is 0 Å². The molecule has 0 bridgehead atoms. The van der Waals surface area contributed by atoms with Crippen LogP contribution < -0.4 is 5.32 Å². The fourth-order valence-electron chi connectivity index (χ4n) is 2.55. The maximum absolute atomic E-state index is 12.1. The van der Waals surface area contributed by atoms with Gasteiger partial charge in [0.15, 0.2) is 0 Å². The van der Waals surface area contributed by atoms with Gasteiger partial charge in [0.25, 0.3) is 0 Å². The lowest BCUT2D eigenvalue weighted by molar-refractivity contribution is -0.138. The van der Waals surface area contributed by atoms with Crippen molar-refractivity contribution in [2.24, 2.45) is 5.92 Å². The molecule has 1 atom stereocenters.